The van der Waals surface area contributed by atoms with Gasteiger partial charge >= 0.3 is 0 Å². The fourth-order valence-electron chi connectivity index (χ4n) is 1.83. The van der Waals surface area contributed by atoms with Crippen LogP contribution in [0.4, 0.5) is 5.82 Å². The van der Waals surface area contributed by atoms with Crippen molar-refractivity contribution in [1.29, 1.82) is 0 Å². The zero-order valence-corrected chi connectivity index (χ0v) is 10.9. The topological polar surface area (TPSA) is 82.3 Å². The second-order valence-corrected chi connectivity index (χ2v) is 4.44. The Hall–Kier alpha value is -2.28. The van der Waals surface area contributed by atoms with E-state index in [0.717, 1.165) is 23.3 Å². The van der Waals surface area contributed by atoms with Gasteiger partial charge in [0.2, 0.25) is 4.77 Å². The average Bonchev–Trinajstić information content (AvgIpc) is 2.81. The monoisotopic (exact) mass is 272 g/mol. The summed E-state index contributed by atoms with van der Waals surface area (Å²) in [5.41, 5.74) is 2.04. The van der Waals surface area contributed by atoms with Crippen molar-refractivity contribution in [2.45, 2.75) is 6.42 Å². The maximum absolute atomic E-state index is 4.90. The van der Waals surface area contributed by atoms with Crippen molar-refractivity contribution in [3.05, 3.63) is 41.1 Å². The first kappa shape index (κ1) is 11.8. The van der Waals surface area contributed by atoms with Crippen LogP contribution in [0.25, 0.3) is 11.0 Å². The number of imidazole rings is 1. The molecule has 0 radical (unpaired) electrons. The molecule has 0 bridgehead atoms. The summed E-state index contributed by atoms with van der Waals surface area (Å²) in [6, 6.07) is 7.97. The molecule has 0 saturated heterocycles. The minimum absolute atomic E-state index is 0.369. The number of hydrogen-bond acceptors (Lipinski definition) is 5. The molecule has 0 fully saturated rings. The molecular formula is C12H12N6S. The fourth-order valence-corrected chi connectivity index (χ4v) is 1.98. The Morgan fingerprint density at radius 2 is 2.11 bits per heavy atom. The van der Waals surface area contributed by atoms with Crippen LogP contribution in [0, 0.1) is 4.77 Å². The third kappa shape index (κ3) is 2.76. The normalized spacial score (nSPS) is 10.7. The average molecular weight is 272 g/mol. The number of aromatic nitrogens is 5. The summed E-state index contributed by atoms with van der Waals surface area (Å²) in [6.45, 7) is 0.716. The van der Waals surface area contributed by atoms with Crippen LogP contribution in [0.2, 0.25) is 0 Å². The van der Waals surface area contributed by atoms with Gasteiger partial charge in [-0.2, -0.15) is 5.10 Å². The molecule has 0 atom stereocenters. The predicted molar refractivity (Wildman–Crippen MR) is 75.5 cm³/mol. The van der Waals surface area contributed by atoms with Crippen molar-refractivity contribution in [1.82, 2.24) is 25.1 Å². The highest BCUT2D eigenvalue weighted by atomic mass is 32.1. The van der Waals surface area contributed by atoms with E-state index < -0.39 is 0 Å². The van der Waals surface area contributed by atoms with E-state index in [1.807, 2.05) is 24.3 Å². The fraction of sp³-hybridized carbons (Fsp3) is 0.167. The van der Waals surface area contributed by atoms with Crippen LogP contribution in [-0.2, 0) is 6.42 Å². The molecule has 19 heavy (non-hydrogen) atoms. The molecule has 0 saturated carbocycles. The molecule has 6 nitrogen and oxygen atoms in total. The first-order valence-electron chi connectivity index (χ1n) is 5.90. The smallest absolute Gasteiger partial charge is 0.215 e. The summed E-state index contributed by atoms with van der Waals surface area (Å²) in [5, 5.41) is 9.62. The molecule has 7 heteroatoms. The van der Waals surface area contributed by atoms with Gasteiger partial charge in [0.1, 0.15) is 11.6 Å². The Labute approximate surface area is 114 Å². The molecule has 0 unspecified atom stereocenters. The number of nitrogens with one attached hydrogen (secondary N) is 3. The molecule has 2 heterocycles. The maximum atomic E-state index is 4.90. The number of rotatable bonds is 4. The molecule has 3 rings (SSSR count). The van der Waals surface area contributed by atoms with Gasteiger partial charge in [-0.1, -0.05) is 12.1 Å². The van der Waals surface area contributed by atoms with E-state index in [9.17, 15) is 0 Å². The summed E-state index contributed by atoms with van der Waals surface area (Å²) >= 11 is 4.90. The highest BCUT2D eigenvalue weighted by Crippen LogP contribution is 2.10. The first-order valence-corrected chi connectivity index (χ1v) is 6.31. The van der Waals surface area contributed by atoms with E-state index in [4.69, 9.17) is 12.2 Å². The molecular weight excluding hydrogens is 260 g/mol. The summed E-state index contributed by atoms with van der Waals surface area (Å²) in [5.74, 6) is 1.61. The molecule has 2 aromatic heterocycles. The Balaban J connectivity index is 1.64. The van der Waals surface area contributed by atoms with E-state index in [-0.39, 0.29) is 0 Å². The minimum atomic E-state index is 0.369. The van der Waals surface area contributed by atoms with Gasteiger partial charge in [0.05, 0.1) is 17.2 Å². The molecule has 0 aliphatic heterocycles. The zero-order chi connectivity index (χ0) is 13.1. The molecule has 0 spiro atoms. The van der Waals surface area contributed by atoms with Crippen LogP contribution >= 0.6 is 12.2 Å². The lowest BCUT2D eigenvalue weighted by Gasteiger charge is -2.02. The number of nitrogens with zero attached hydrogens (tertiary/aromatic N) is 3. The second-order valence-electron chi connectivity index (χ2n) is 4.05. The van der Waals surface area contributed by atoms with Gasteiger partial charge in [0, 0.05) is 13.0 Å². The number of para-hydroxylation sites is 2. The van der Waals surface area contributed by atoms with Gasteiger partial charge in [-0.05, 0) is 24.4 Å². The third-order valence-electron chi connectivity index (χ3n) is 2.68. The number of H-pyrrole nitrogens is 2. The minimum Gasteiger partial charge on any atom is -0.368 e. The Morgan fingerprint density at radius 3 is 2.95 bits per heavy atom. The lowest BCUT2D eigenvalue weighted by molar-refractivity contribution is 0.903. The van der Waals surface area contributed by atoms with Crippen LogP contribution in [0.3, 0.4) is 0 Å². The van der Waals surface area contributed by atoms with Crippen molar-refractivity contribution in [2.24, 2.45) is 0 Å². The van der Waals surface area contributed by atoms with Crippen molar-refractivity contribution in [2.75, 3.05) is 11.9 Å². The molecule has 0 aliphatic rings. The summed E-state index contributed by atoms with van der Waals surface area (Å²) in [4.78, 5) is 11.9. The van der Waals surface area contributed by atoms with Crippen LogP contribution in [0.15, 0.2) is 30.5 Å². The maximum Gasteiger partial charge on any atom is 0.215 e. The standard InChI is InChI=1S/C12H12N6S/c19-12-17-11(7-14-18-12)13-6-5-10-15-8-3-1-2-4-9(8)16-10/h1-4,7H,5-6H2,(H,15,16)(H2,13,17,18,19). The largest absolute Gasteiger partial charge is 0.368 e. The molecule has 0 amide bonds. The summed E-state index contributed by atoms with van der Waals surface area (Å²) in [7, 11) is 0. The van der Waals surface area contributed by atoms with E-state index in [2.05, 4.69) is 30.5 Å². The number of benzene rings is 1. The van der Waals surface area contributed by atoms with Crippen LogP contribution < -0.4 is 5.32 Å². The van der Waals surface area contributed by atoms with Gasteiger partial charge < -0.3 is 10.3 Å². The quantitative estimate of drug-likeness (QED) is 0.633. The van der Waals surface area contributed by atoms with Gasteiger partial charge in [-0.15, -0.1) is 0 Å². The lowest BCUT2D eigenvalue weighted by Crippen LogP contribution is -2.08. The number of hydrogen-bond donors (Lipinski definition) is 3. The Morgan fingerprint density at radius 1 is 1.21 bits per heavy atom. The Bertz CT molecular complexity index is 714. The highest BCUT2D eigenvalue weighted by Gasteiger charge is 2.01. The number of anilines is 1. The molecule has 0 aliphatic carbocycles. The first-order chi connectivity index (χ1) is 9.31. The molecule has 1 aromatic carbocycles. The molecule has 3 aromatic rings. The van der Waals surface area contributed by atoms with Crippen LogP contribution in [-0.4, -0.2) is 31.7 Å². The van der Waals surface area contributed by atoms with Crippen LogP contribution in [0.1, 0.15) is 5.82 Å². The molecule has 3 N–H and O–H groups in total. The van der Waals surface area contributed by atoms with E-state index in [0.29, 0.717) is 17.1 Å². The van der Waals surface area contributed by atoms with E-state index in [1.54, 1.807) is 6.20 Å². The SMILES string of the molecule is S=c1nc(NCCc2nc3ccccc3[nH]2)cn[nH]1. The summed E-state index contributed by atoms with van der Waals surface area (Å²) in [6.07, 6.45) is 2.39. The number of fused-ring (bicyclic) bond motifs is 1. The second kappa shape index (κ2) is 5.15. The van der Waals surface area contributed by atoms with Crippen molar-refractivity contribution in [3.63, 3.8) is 0 Å². The van der Waals surface area contributed by atoms with Crippen molar-refractivity contribution >= 4 is 29.1 Å². The van der Waals surface area contributed by atoms with Gasteiger partial charge in [0.15, 0.2) is 0 Å². The summed E-state index contributed by atoms with van der Waals surface area (Å²) < 4.78 is 0.369. The van der Waals surface area contributed by atoms with E-state index >= 15 is 0 Å². The Kier molecular flexibility index (Phi) is 3.20. The lowest BCUT2D eigenvalue weighted by atomic mass is 10.3. The van der Waals surface area contributed by atoms with Gasteiger partial charge in [0.25, 0.3) is 0 Å². The van der Waals surface area contributed by atoms with Gasteiger partial charge in [-0.3, -0.25) is 5.10 Å². The van der Waals surface area contributed by atoms with Crippen molar-refractivity contribution in [3.8, 4) is 0 Å². The van der Waals surface area contributed by atoms with Crippen molar-refractivity contribution < 1.29 is 0 Å². The van der Waals surface area contributed by atoms with Crippen LogP contribution in [0.5, 0.6) is 0 Å². The highest BCUT2D eigenvalue weighted by molar-refractivity contribution is 7.71. The number of aromatic amines is 2. The van der Waals surface area contributed by atoms with Gasteiger partial charge in [-0.25, -0.2) is 9.97 Å². The third-order valence-corrected chi connectivity index (χ3v) is 2.86. The molecule has 96 valence electrons. The predicted octanol–water partition coefficient (Wildman–Crippen LogP) is 2.07. The zero-order valence-electron chi connectivity index (χ0n) is 10.1. The van der Waals surface area contributed by atoms with E-state index in [1.165, 1.54) is 0 Å².